The van der Waals surface area contributed by atoms with E-state index >= 15 is 0 Å². The van der Waals surface area contributed by atoms with Crippen LogP contribution in [0.4, 0.5) is 13.2 Å². The lowest BCUT2D eigenvalue weighted by atomic mass is 10.1. The molecule has 0 amide bonds. The summed E-state index contributed by atoms with van der Waals surface area (Å²) in [6.07, 6.45) is -4.35. The molecule has 0 fully saturated rings. The summed E-state index contributed by atoms with van der Waals surface area (Å²) >= 11 is 0. The smallest absolute Gasteiger partial charge is 0.416 e. The first kappa shape index (κ1) is 12.5. The van der Waals surface area contributed by atoms with Crippen LogP contribution in [0.5, 0.6) is 5.75 Å². The van der Waals surface area contributed by atoms with Crippen molar-refractivity contribution in [3.05, 3.63) is 65.7 Å². The van der Waals surface area contributed by atoms with Gasteiger partial charge in [0.2, 0.25) is 0 Å². The highest BCUT2D eigenvalue weighted by molar-refractivity contribution is 5.30. The predicted octanol–water partition coefficient (Wildman–Crippen LogP) is 4.28. The molecule has 0 aliphatic carbocycles. The second kappa shape index (κ2) is 5.12. The van der Waals surface area contributed by atoms with Crippen LogP contribution in [0.25, 0.3) is 0 Å². The molecule has 0 aliphatic rings. The van der Waals surface area contributed by atoms with Crippen molar-refractivity contribution in [1.29, 1.82) is 0 Å². The molecule has 94 valence electrons. The molecule has 0 saturated heterocycles. The van der Waals surface area contributed by atoms with Crippen molar-refractivity contribution in [3.8, 4) is 5.75 Å². The van der Waals surface area contributed by atoms with Gasteiger partial charge >= 0.3 is 6.18 Å². The van der Waals surface area contributed by atoms with Crippen LogP contribution in [0, 0.1) is 0 Å². The molecule has 0 unspecified atom stereocenters. The molecule has 0 heterocycles. The molecule has 0 aliphatic heterocycles. The van der Waals surface area contributed by atoms with E-state index in [-0.39, 0.29) is 12.2 Å². The summed E-state index contributed by atoms with van der Waals surface area (Å²) in [5.41, 5.74) is -0.519. The summed E-state index contributed by atoms with van der Waals surface area (Å²) in [4.78, 5) is 0. The minimum absolute atomic E-state index is 0.0975. The highest BCUT2D eigenvalue weighted by atomic mass is 19.4. The second-order valence-corrected chi connectivity index (χ2v) is 3.76. The lowest BCUT2D eigenvalue weighted by Crippen LogP contribution is -2.10. The van der Waals surface area contributed by atoms with Crippen LogP contribution in [-0.4, -0.2) is 0 Å². The Bertz CT molecular complexity index is 506. The lowest BCUT2D eigenvalue weighted by molar-refractivity contribution is -0.138. The van der Waals surface area contributed by atoms with E-state index in [2.05, 4.69) is 0 Å². The first-order chi connectivity index (χ1) is 8.57. The normalized spacial score (nSPS) is 11.3. The monoisotopic (exact) mass is 252 g/mol. The zero-order valence-corrected chi connectivity index (χ0v) is 9.45. The number of benzene rings is 2. The Hall–Kier alpha value is -1.97. The maximum atomic E-state index is 12.7. The number of ether oxygens (including phenoxy) is 1. The fourth-order valence-electron chi connectivity index (χ4n) is 1.60. The van der Waals surface area contributed by atoms with E-state index in [4.69, 9.17) is 4.74 Å². The Kier molecular flexibility index (Phi) is 3.55. The van der Waals surface area contributed by atoms with Crippen LogP contribution >= 0.6 is 0 Å². The summed E-state index contributed by atoms with van der Waals surface area (Å²) < 4.78 is 43.5. The number of hydrogen-bond acceptors (Lipinski definition) is 1. The molecule has 0 bridgehead atoms. The van der Waals surface area contributed by atoms with Gasteiger partial charge in [0.1, 0.15) is 12.4 Å². The SMILES string of the molecule is FC(F)(F)c1ccccc1COc1ccccc1. The number of rotatable bonds is 3. The van der Waals surface area contributed by atoms with E-state index in [1.165, 1.54) is 12.1 Å². The van der Waals surface area contributed by atoms with E-state index in [1.807, 2.05) is 6.07 Å². The van der Waals surface area contributed by atoms with Gasteiger partial charge < -0.3 is 4.74 Å². The molecule has 0 radical (unpaired) electrons. The summed E-state index contributed by atoms with van der Waals surface area (Å²) in [7, 11) is 0. The third kappa shape index (κ3) is 3.03. The van der Waals surface area contributed by atoms with Gasteiger partial charge in [-0.3, -0.25) is 0 Å². The molecular formula is C14H11F3O. The van der Waals surface area contributed by atoms with Crippen LogP contribution in [0.1, 0.15) is 11.1 Å². The highest BCUT2D eigenvalue weighted by Crippen LogP contribution is 2.32. The lowest BCUT2D eigenvalue weighted by Gasteiger charge is -2.13. The van der Waals surface area contributed by atoms with E-state index in [1.54, 1.807) is 30.3 Å². The topological polar surface area (TPSA) is 9.23 Å². The number of para-hydroxylation sites is 1. The van der Waals surface area contributed by atoms with Gasteiger partial charge in [-0.05, 0) is 18.2 Å². The molecule has 2 aromatic rings. The van der Waals surface area contributed by atoms with E-state index < -0.39 is 11.7 Å². The third-order valence-corrected chi connectivity index (χ3v) is 2.46. The maximum absolute atomic E-state index is 12.7. The van der Waals surface area contributed by atoms with Gasteiger partial charge in [0.15, 0.2) is 0 Å². The van der Waals surface area contributed by atoms with Crippen molar-refractivity contribution < 1.29 is 17.9 Å². The average Bonchev–Trinajstić information content (AvgIpc) is 2.37. The predicted molar refractivity (Wildman–Crippen MR) is 62.2 cm³/mol. The molecule has 2 aromatic carbocycles. The summed E-state index contributed by atoms with van der Waals surface area (Å²) in [6.45, 7) is -0.0975. The van der Waals surface area contributed by atoms with Crippen LogP contribution in [0.2, 0.25) is 0 Å². The minimum Gasteiger partial charge on any atom is -0.489 e. The number of halogens is 3. The standard InChI is InChI=1S/C14H11F3O/c15-14(16,17)13-9-5-4-6-11(13)10-18-12-7-2-1-3-8-12/h1-9H,10H2. The molecule has 1 nitrogen and oxygen atoms in total. The minimum atomic E-state index is -4.35. The van der Waals surface area contributed by atoms with Gasteiger partial charge in [0.25, 0.3) is 0 Å². The highest BCUT2D eigenvalue weighted by Gasteiger charge is 2.32. The quantitative estimate of drug-likeness (QED) is 0.792. The Balaban J connectivity index is 2.15. The Labute approximate surface area is 103 Å². The number of hydrogen-bond donors (Lipinski definition) is 0. The molecule has 18 heavy (non-hydrogen) atoms. The van der Waals surface area contributed by atoms with E-state index in [9.17, 15) is 13.2 Å². The van der Waals surface area contributed by atoms with Crippen molar-refractivity contribution in [2.24, 2.45) is 0 Å². The summed E-state index contributed by atoms with van der Waals surface area (Å²) in [6, 6.07) is 14.2. The van der Waals surface area contributed by atoms with Crippen LogP contribution < -0.4 is 4.74 Å². The van der Waals surface area contributed by atoms with Crippen molar-refractivity contribution in [1.82, 2.24) is 0 Å². The molecule has 0 atom stereocenters. The van der Waals surface area contributed by atoms with Gasteiger partial charge in [-0.2, -0.15) is 13.2 Å². The largest absolute Gasteiger partial charge is 0.489 e. The molecule has 2 rings (SSSR count). The molecular weight excluding hydrogens is 241 g/mol. The zero-order valence-electron chi connectivity index (χ0n) is 9.45. The Morgan fingerprint density at radius 2 is 1.44 bits per heavy atom. The Morgan fingerprint density at radius 3 is 2.11 bits per heavy atom. The van der Waals surface area contributed by atoms with Gasteiger partial charge in [0.05, 0.1) is 5.56 Å². The fraction of sp³-hybridized carbons (Fsp3) is 0.143. The molecule has 0 N–H and O–H groups in total. The molecule has 0 spiro atoms. The molecule has 0 aromatic heterocycles. The van der Waals surface area contributed by atoms with Crippen LogP contribution in [0.3, 0.4) is 0 Å². The molecule has 4 heteroatoms. The van der Waals surface area contributed by atoms with Gasteiger partial charge in [-0.1, -0.05) is 36.4 Å². The van der Waals surface area contributed by atoms with Crippen LogP contribution in [0.15, 0.2) is 54.6 Å². The zero-order chi connectivity index (χ0) is 13.0. The van der Waals surface area contributed by atoms with E-state index in [0.29, 0.717) is 5.75 Å². The first-order valence-electron chi connectivity index (χ1n) is 5.40. The second-order valence-electron chi connectivity index (χ2n) is 3.76. The van der Waals surface area contributed by atoms with Crippen molar-refractivity contribution in [3.63, 3.8) is 0 Å². The Morgan fingerprint density at radius 1 is 0.833 bits per heavy atom. The van der Waals surface area contributed by atoms with Crippen molar-refractivity contribution in [2.45, 2.75) is 12.8 Å². The summed E-state index contributed by atoms with van der Waals surface area (Å²) in [5.74, 6) is 0.550. The van der Waals surface area contributed by atoms with E-state index in [0.717, 1.165) is 6.07 Å². The summed E-state index contributed by atoms with van der Waals surface area (Å²) in [5, 5.41) is 0. The molecule has 0 saturated carbocycles. The maximum Gasteiger partial charge on any atom is 0.416 e. The first-order valence-corrected chi connectivity index (χ1v) is 5.40. The third-order valence-electron chi connectivity index (χ3n) is 2.46. The van der Waals surface area contributed by atoms with Gasteiger partial charge in [-0.15, -0.1) is 0 Å². The van der Waals surface area contributed by atoms with Crippen LogP contribution in [-0.2, 0) is 12.8 Å². The van der Waals surface area contributed by atoms with Gasteiger partial charge in [0, 0.05) is 5.56 Å². The average molecular weight is 252 g/mol. The van der Waals surface area contributed by atoms with Gasteiger partial charge in [-0.25, -0.2) is 0 Å². The van der Waals surface area contributed by atoms with Crippen molar-refractivity contribution in [2.75, 3.05) is 0 Å². The number of alkyl halides is 3. The van der Waals surface area contributed by atoms with Crippen molar-refractivity contribution >= 4 is 0 Å². The fourth-order valence-corrected chi connectivity index (χ4v) is 1.60.